The molecule has 5 heteroatoms. The van der Waals surface area contributed by atoms with Crippen molar-refractivity contribution in [1.29, 1.82) is 0 Å². The fraction of sp³-hybridized carbons (Fsp3) is 0.250. The molecular formula is C12H11NO4. The highest BCUT2D eigenvalue weighted by molar-refractivity contribution is 5.87. The number of aromatic nitrogens is 1. The molecule has 88 valence electrons. The molecule has 0 atom stereocenters. The Balaban J connectivity index is 2.84. The van der Waals surface area contributed by atoms with Gasteiger partial charge in [-0.15, -0.1) is 0 Å². The van der Waals surface area contributed by atoms with Crippen LogP contribution >= 0.6 is 0 Å². The minimum Gasteiger partial charge on any atom is -0.477 e. The van der Waals surface area contributed by atoms with Gasteiger partial charge >= 0.3 is 11.9 Å². The molecule has 0 unspecified atom stereocenters. The number of carbonyl (C=O) groups is 2. The van der Waals surface area contributed by atoms with Crippen molar-refractivity contribution in [3.63, 3.8) is 0 Å². The Morgan fingerprint density at radius 2 is 2.24 bits per heavy atom. The number of esters is 1. The van der Waals surface area contributed by atoms with E-state index in [1.807, 2.05) is 0 Å². The van der Waals surface area contributed by atoms with Crippen molar-refractivity contribution in [2.45, 2.75) is 13.3 Å². The van der Waals surface area contributed by atoms with Gasteiger partial charge < -0.3 is 9.84 Å². The van der Waals surface area contributed by atoms with E-state index in [2.05, 4.69) is 21.6 Å². The Morgan fingerprint density at radius 3 is 2.76 bits per heavy atom. The van der Waals surface area contributed by atoms with Gasteiger partial charge in [-0.2, -0.15) is 0 Å². The van der Waals surface area contributed by atoms with Gasteiger partial charge in [0.25, 0.3) is 0 Å². The summed E-state index contributed by atoms with van der Waals surface area (Å²) in [5.41, 5.74) is 1.10. The predicted octanol–water partition coefficient (Wildman–Crippen LogP) is 1.00. The van der Waals surface area contributed by atoms with Gasteiger partial charge in [-0.05, 0) is 18.6 Å². The minimum atomic E-state index is -1.07. The largest absolute Gasteiger partial charge is 0.477 e. The number of carboxylic acids is 1. The summed E-state index contributed by atoms with van der Waals surface area (Å²) in [5, 5.41) is 8.78. The van der Waals surface area contributed by atoms with Gasteiger partial charge in [-0.1, -0.05) is 11.8 Å². The normalized spacial score (nSPS) is 9.06. The van der Waals surface area contributed by atoms with Gasteiger partial charge in [0.05, 0.1) is 7.11 Å². The molecule has 1 heterocycles. The SMILES string of the molecule is COC(=O)CC#Cc1cnc(C(=O)O)c(C)c1. The Morgan fingerprint density at radius 1 is 1.53 bits per heavy atom. The number of ether oxygens (including phenoxy) is 1. The first-order chi connectivity index (χ1) is 8.04. The molecule has 0 aromatic carbocycles. The molecule has 0 fully saturated rings. The molecule has 0 radical (unpaired) electrons. The van der Waals surface area contributed by atoms with Crippen LogP contribution in [0.1, 0.15) is 28.0 Å². The second kappa shape index (κ2) is 5.66. The van der Waals surface area contributed by atoms with Crippen LogP contribution in [0.3, 0.4) is 0 Å². The number of nitrogens with zero attached hydrogens (tertiary/aromatic N) is 1. The van der Waals surface area contributed by atoms with Crippen LogP contribution in [0.2, 0.25) is 0 Å². The molecule has 1 aromatic rings. The molecule has 0 bridgehead atoms. The third kappa shape index (κ3) is 3.61. The second-order valence-electron chi connectivity index (χ2n) is 3.25. The van der Waals surface area contributed by atoms with E-state index in [1.165, 1.54) is 13.3 Å². The van der Waals surface area contributed by atoms with E-state index in [-0.39, 0.29) is 12.1 Å². The first-order valence-corrected chi connectivity index (χ1v) is 4.80. The van der Waals surface area contributed by atoms with Crippen molar-refractivity contribution in [3.05, 3.63) is 29.1 Å². The molecule has 5 nitrogen and oxygen atoms in total. The molecule has 1 N–H and O–H groups in total. The zero-order valence-electron chi connectivity index (χ0n) is 9.48. The van der Waals surface area contributed by atoms with Gasteiger partial charge in [0.15, 0.2) is 5.69 Å². The molecule has 0 spiro atoms. The van der Waals surface area contributed by atoms with Crippen molar-refractivity contribution < 1.29 is 19.4 Å². The van der Waals surface area contributed by atoms with Gasteiger partial charge in [0.2, 0.25) is 0 Å². The quantitative estimate of drug-likeness (QED) is 0.609. The van der Waals surface area contributed by atoms with Crippen LogP contribution < -0.4 is 0 Å². The Kier molecular flexibility index (Phi) is 4.23. The van der Waals surface area contributed by atoms with Crippen molar-refractivity contribution in [1.82, 2.24) is 4.98 Å². The van der Waals surface area contributed by atoms with Gasteiger partial charge in [-0.3, -0.25) is 4.79 Å². The topological polar surface area (TPSA) is 76.5 Å². The Bertz CT molecular complexity index is 511. The van der Waals surface area contributed by atoms with Crippen LogP contribution in [-0.4, -0.2) is 29.1 Å². The monoisotopic (exact) mass is 233 g/mol. The number of methoxy groups -OCH3 is 1. The summed E-state index contributed by atoms with van der Waals surface area (Å²) in [5.74, 6) is 3.84. The van der Waals surface area contributed by atoms with Gasteiger partial charge in [0.1, 0.15) is 6.42 Å². The first-order valence-electron chi connectivity index (χ1n) is 4.80. The number of carboxylic acid groups (broad SMARTS) is 1. The molecule has 17 heavy (non-hydrogen) atoms. The van der Waals surface area contributed by atoms with E-state index in [0.29, 0.717) is 11.1 Å². The van der Waals surface area contributed by atoms with E-state index < -0.39 is 11.9 Å². The molecular weight excluding hydrogens is 222 g/mol. The standard InChI is InChI=1S/C12H11NO4/c1-8-6-9(4-3-5-10(14)17-2)7-13-11(8)12(15)16/h6-7H,5H2,1-2H3,(H,15,16). The van der Waals surface area contributed by atoms with Crippen LogP contribution in [0.5, 0.6) is 0 Å². The summed E-state index contributed by atoms with van der Waals surface area (Å²) in [6.45, 7) is 1.64. The molecule has 0 saturated heterocycles. The van der Waals surface area contributed by atoms with Crippen molar-refractivity contribution >= 4 is 11.9 Å². The lowest BCUT2D eigenvalue weighted by Crippen LogP contribution is -2.03. The molecule has 0 aliphatic heterocycles. The zero-order valence-corrected chi connectivity index (χ0v) is 9.48. The van der Waals surface area contributed by atoms with E-state index in [9.17, 15) is 9.59 Å². The third-order valence-corrected chi connectivity index (χ3v) is 1.97. The van der Waals surface area contributed by atoms with Crippen molar-refractivity contribution in [3.8, 4) is 11.8 Å². The molecule has 0 aliphatic carbocycles. The lowest BCUT2D eigenvalue weighted by atomic mass is 10.1. The minimum absolute atomic E-state index is 0.00326. The van der Waals surface area contributed by atoms with E-state index in [0.717, 1.165) is 0 Å². The van der Waals surface area contributed by atoms with E-state index in [4.69, 9.17) is 5.11 Å². The number of carbonyl (C=O) groups excluding carboxylic acids is 1. The third-order valence-electron chi connectivity index (χ3n) is 1.97. The number of pyridine rings is 1. The fourth-order valence-corrected chi connectivity index (χ4v) is 1.16. The Labute approximate surface area is 98.4 Å². The average Bonchev–Trinajstić information content (AvgIpc) is 2.28. The molecule has 0 saturated carbocycles. The fourth-order valence-electron chi connectivity index (χ4n) is 1.16. The lowest BCUT2D eigenvalue weighted by molar-refractivity contribution is -0.139. The van der Waals surface area contributed by atoms with Crippen LogP contribution in [0, 0.1) is 18.8 Å². The van der Waals surface area contributed by atoms with Crippen molar-refractivity contribution in [2.75, 3.05) is 7.11 Å². The summed E-state index contributed by atoms with van der Waals surface area (Å²) in [6.07, 6.45) is 1.36. The van der Waals surface area contributed by atoms with Gasteiger partial charge in [-0.25, -0.2) is 9.78 Å². The highest BCUT2D eigenvalue weighted by atomic mass is 16.5. The van der Waals surface area contributed by atoms with Crippen LogP contribution in [0.4, 0.5) is 0 Å². The lowest BCUT2D eigenvalue weighted by Gasteiger charge is -1.99. The van der Waals surface area contributed by atoms with Gasteiger partial charge in [0, 0.05) is 11.8 Å². The summed E-state index contributed by atoms with van der Waals surface area (Å²) >= 11 is 0. The maximum atomic E-state index is 10.8. The number of hydrogen-bond acceptors (Lipinski definition) is 4. The number of aryl methyl sites for hydroxylation is 1. The van der Waals surface area contributed by atoms with Crippen LogP contribution in [-0.2, 0) is 9.53 Å². The van der Waals surface area contributed by atoms with Crippen LogP contribution in [0.25, 0.3) is 0 Å². The highest BCUT2D eigenvalue weighted by Gasteiger charge is 2.08. The maximum absolute atomic E-state index is 10.8. The van der Waals surface area contributed by atoms with E-state index in [1.54, 1.807) is 13.0 Å². The smallest absolute Gasteiger partial charge is 0.354 e. The second-order valence-corrected chi connectivity index (χ2v) is 3.25. The predicted molar refractivity (Wildman–Crippen MR) is 59.4 cm³/mol. The zero-order chi connectivity index (χ0) is 12.8. The number of rotatable bonds is 2. The Hall–Kier alpha value is -2.35. The maximum Gasteiger partial charge on any atom is 0.354 e. The summed E-state index contributed by atoms with van der Waals surface area (Å²) in [6, 6.07) is 1.61. The summed E-state index contributed by atoms with van der Waals surface area (Å²) < 4.78 is 4.43. The molecule has 0 amide bonds. The average molecular weight is 233 g/mol. The molecule has 0 aliphatic rings. The van der Waals surface area contributed by atoms with E-state index >= 15 is 0 Å². The summed E-state index contributed by atoms with van der Waals surface area (Å²) in [7, 11) is 1.29. The van der Waals surface area contributed by atoms with Crippen LogP contribution in [0.15, 0.2) is 12.3 Å². The number of hydrogen-bond donors (Lipinski definition) is 1. The highest BCUT2D eigenvalue weighted by Crippen LogP contribution is 2.06. The van der Waals surface area contributed by atoms with Crippen molar-refractivity contribution in [2.24, 2.45) is 0 Å². The first kappa shape index (κ1) is 12.7. The molecule has 1 rings (SSSR count). The summed E-state index contributed by atoms with van der Waals surface area (Å²) in [4.78, 5) is 25.3. The number of aromatic carboxylic acids is 1. The molecule has 1 aromatic heterocycles.